The van der Waals surface area contributed by atoms with Crippen LogP contribution >= 0.6 is 0 Å². The molecule has 2 aromatic rings. The summed E-state index contributed by atoms with van der Waals surface area (Å²) in [6.07, 6.45) is -1.56. The van der Waals surface area contributed by atoms with Gasteiger partial charge in [-0.1, -0.05) is 48.5 Å². The van der Waals surface area contributed by atoms with Crippen LogP contribution < -0.4 is 0 Å². The molecule has 1 heterocycles. The van der Waals surface area contributed by atoms with Crippen molar-refractivity contribution in [2.45, 2.75) is 44.2 Å². The summed E-state index contributed by atoms with van der Waals surface area (Å²) in [6, 6.07) is 16.2. The Kier molecular flexibility index (Phi) is 4.21. The maximum Gasteiger partial charge on any atom is 0.506 e. The van der Waals surface area contributed by atoms with Gasteiger partial charge < -0.3 is 19.3 Å². The van der Waals surface area contributed by atoms with Gasteiger partial charge in [0.15, 0.2) is 5.79 Å². The van der Waals surface area contributed by atoms with Crippen LogP contribution in [0.4, 0.5) is 4.79 Å². The van der Waals surface area contributed by atoms with Gasteiger partial charge in [0.05, 0.1) is 12.7 Å². The zero-order valence-electron chi connectivity index (χ0n) is 14.8. The molecular formula is C21H22O5. The highest BCUT2D eigenvalue weighted by Crippen LogP contribution is 2.48. The highest BCUT2D eigenvalue weighted by molar-refractivity contribution is 5.79. The number of carbonyl (C=O) groups is 1. The van der Waals surface area contributed by atoms with Crippen LogP contribution in [0.5, 0.6) is 0 Å². The molecule has 136 valence electrons. The summed E-state index contributed by atoms with van der Waals surface area (Å²) in [5.41, 5.74) is 4.46. The molecule has 1 unspecified atom stereocenters. The Bertz CT molecular complexity index is 783. The molecular weight excluding hydrogens is 332 g/mol. The number of rotatable bonds is 4. The number of ether oxygens (including phenoxy) is 3. The molecule has 1 fully saturated rings. The third-order valence-corrected chi connectivity index (χ3v) is 5.07. The Labute approximate surface area is 152 Å². The number of carboxylic acid groups (broad SMARTS) is 1. The van der Waals surface area contributed by atoms with Crippen LogP contribution in [0, 0.1) is 0 Å². The fraction of sp³-hybridized carbons (Fsp3) is 0.381. The van der Waals surface area contributed by atoms with Crippen molar-refractivity contribution >= 4 is 6.16 Å². The molecule has 4 rings (SSSR count). The lowest BCUT2D eigenvalue weighted by Gasteiger charge is -2.27. The standard InChI is InChI=1S/C21H22O5/c1-21(2)24-12-13(26-21)11-18(25-20(22)23)19-16-9-5-3-7-14(16)15-8-4-6-10-17(15)19/h3-10,13,18-19H,11-12H2,1-2H3,(H,22,23)/t13-,18?/m1/s1. The predicted molar refractivity (Wildman–Crippen MR) is 96.1 cm³/mol. The lowest BCUT2D eigenvalue weighted by molar-refractivity contribution is -0.141. The van der Waals surface area contributed by atoms with Gasteiger partial charge in [-0.15, -0.1) is 0 Å². The third kappa shape index (κ3) is 3.08. The second-order valence-corrected chi connectivity index (χ2v) is 7.26. The van der Waals surface area contributed by atoms with Crippen molar-refractivity contribution in [3.63, 3.8) is 0 Å². The molecule has 1 saturated heterocycles. The molecule has 1 aliphatic heterocycles. The van der Waals surface area contributed by atoms with Gasteiger partial charge in [-0.2, -0.15) is 0 Å². The lowest BCUT2D eigenvalue weighted by Crippen LogP contribution is -2.31. The lowest BCUT2D eigenvalue weighted by atomic mass is 9.88. The monoisotopic (exact) mass is 354 g/mol. The van der Waals surface area contributed by atoms with Crippen LogP contribution in [0.1, 0.15) is 37.3 Å². The quantitative estimate of drug-likeness (QED) is 0.824. The van der Waals surface area contributed by atoms with Gasteiger partial charge in [-0.05, 0) is 36.1 Å². The van der Waals surface area contributed by atoms with E-state index in [1.807, 2.05) is 50.2 Å². The first-order valence-electron chi connectivity index (χ1n) is 8.84. The van der Waals surface area contributed by atoms with Crippen molar-refractivity contribution in [2.75, 3.05) is 6.61 Å². The molecule has 0 amide bonds. The highest BCUT2D eigenvalue weighted by atomic mass is 16.7. The number of benzene rings is 2. The van der Waals surface area contributed by atoms with E-state index < -0.39 is 18.0 Å². The smallest absolute Gasteiger partial charge is 0.450 e. The summed E-state index contributed by atoms with van der Waals surface area (Å²) in [5.74, 6) is -0.796. The van der Waals surface area contributed by atoms with Crippen LogP contribution in [0.2, 0.25) is 0 Å². The summed E-state index contributed by atoms with van der Waals surface area (Å²) >= 11 is 0. The average Bonchev–Trinajstić information content (AvgIpc) is 3.11. The molecule has 1 N–H and O–H groups in total. The molecule has 1 aliphatic carbocycles. The molecule has 0 spiro atoms. The van der Waals surface area contributed by atoms with E-state index >= 15 is 0 Å². The summed E-state index contributed by atoms with van der Waals surface area (Å²) in [5, 5.41) is 9.32. The van der Waals surface area contributed by atoms with Crippen LogP contribution in [0.15, 0.2) is 48.5 Å². The van der Waals surface area contributed by atoms with Crippen LogP contribution in [0.25, 0.3) is 11.1 Å². The van der Waals surface area contributed by atoms with E-state index in [4.69, 9.17) is 14.2 Å². The van der Waals surface area contributed by atoms with Gasteiger partial charge in [0, 0.05) is 12.3 Å². The van der Waals surface area contributed by atoms with Gasteiger partial charge in [0.25, 0.3) is 0 Å². The summed E-state index contributed by atoms with van der Waals surface area (Å²) < 4.78 is 16.9. The molecule has 0 saturated carbocycles. The van der Waals surface area contributed by atoms with E-state index in [-0.39, 0.29) is 12.0 Å². The van der Waals surface area contributed by atoms with E-state index in [0.29, 0.717) is 13.0 Å². The van der Waals surface area contributed by atoms with Gasteiger partial charge in [0.2, 0.25) is 0 Å². The fourth-order valence-corrected chi connectivity index (χ4v) is 4.12. The molecule has 0 bridgehead atoms. The Hall–Kier alpha value is -2.37. The van der Waals surface area contributed by atoms with Crippen LogP contribution in [-0.2, 0) is 14.2 Å². The summed E-state index contributed by atoms with van der Waals surface area (Å²) in [7, 11) is 0. The molecule has 2 aliphatic rings. The van der Waals surface area contributed by atoms with Crippen molar-refractivity contribution in [1.82, 2.24) is 0 Å². The summed E-state index contributed by atoms with van der Waals surface area (Å²) in [6.45, 7) is 4.16. The Morgan fingerprint density at radius 3 is 2.23 bits per heavy atom. The first-order chi connectivity index (χ1) is 12.4. The van der Waals surface area contributed by atoms with Crippen molar-refractivity contribution in [3.8, 4) is 11.1 Å². The predicted octanol–water partition coefficient (Wildman–Crippen LogP) is 4.40. The molecule has 5 nitrogen and oxygen atoms in total. The second kappa shape index (κ2) is 6.41. The van der Waals surface area contributed by atoms with Gasteiger partial charge in [-0.3, -0.25) is 0 Å². The first-order valence-corrected chi connectivity index (χ1v) is 8.84. The van der Waals surface area contributed by atoms with Gasteiger partial charge in [0.1, 0.15) is 6.10 Å². The number of fused-ring (bicyclic) bond motifs is 3. The Morgan fingerprint density at radius 1 is 1.15 bits per heavy atom. The minimum absolute atomic E-state index is 0.147. The van der Waals surface area contributed by atoms with Crippen molar-refractivity contribution in [3.05, 3.63) is 59.7 Å². The molecule has 0 aromatic heterocycles. The number of hydrogen-bond acceptors (Lipinski definition) is 4. The van der Waals surface area contributed by atoms with Crippen LogP contribution in [0.3, 0.4) is 0 Å². The number of hydrogen-bond donors (Lipinski definition) is 1. The van der Waals surface area contributed by atoms with E-state index in [2.05, 4.69) is 12.1 Å². The minimum atomic E-state index is -1.27. The largest absolute Gasteiger partial charge is 0.506 e. The zero-order chi connectivity index (χ0) is 18.3. The van der Waals surface area contributed by atoms with Gasteiger partial charge >= 0.3 is 6.16 Å². The molecule has 2 atom stereocenters. The topological polar surface area (TPSA) is 65.0 Å². The summed E-state index contributed by atoms with van der Waals surface area (Å²) in [4.78, 5) is 11.4. The van der Waals surface area contributed by atoms with Crippen molar-refractivity contribution in [2.24, 2.45) is 0 Å². The highest BCUT2D eigenvalue weighted by Gasteiger charge is 2.41. The average molecular weight is 354 g/mol. The SMILES string of the molecule is CC1(C)OC[C@@H](CC(OC(=O)O)C2c3ccccc3-c3ccccc32)O1. The Morgan fingerprint density at radius 2 is 1.73 bits per heavy atom. The van der Waals surface area contributed by atoms with E-state index in [9.17, 15) is 9.90 Å². The van der Waals surface area contributed by atoms with Gasteiger partial charge in [-0.25, -0.2) is 4.79 Å². The molecule has 26 heavy (non-hydrogen) atoms. The Balaban J connectivity index is 1.70. The van der Waals surface area contributed by atoms with E-state index in [0.717, 1.165) is 22.3 Å². The van der Waals surface area contributed by atoms with E-state index in [1.165, 1.54) is 0 Å². The van der Waals surface area contributed by atoms with Crippen molar-refractivity contribution in [1.29, 1.82) is 0 Å². The van der Waals surface area contributed by atoms with Crippen LogP contribution in [-0.4, -0.2) is 35.9 Å². The maximum atomic E-state index is 11.4. The first kappa shape index (κ1) is 17.1. The second-order valence-electron chi connectivity index (χ2n) is 7.26. The third-order valence-electron chi connectivity index (χ3n) is 5.07. The minimum Gasteiger partial charge on any atom is -0.450 e. The van der Waals surface area contributed by atoms with Crippen molar-refractivity contribution < 1.29 is 24.1 Å². The zero-order valence-corrected chi connectivity index (χ0v) is 14.8. The normalized spacial score (nSPS) is 21.8. The molecule has 5 heteroatoms. The van der Waals surface area contributed by atoms with E-state index in [1.54, 1.807) is 0 Å². The molecule has 0 radical (unpaired) electrons. The fourth-order valence-electron chi connectivity index (χ4n) is 4.12. The maximum absolute atomic E-state index is 11.4. The molecule has 2 aromatic carbocycles.